The number of carbonyl (C=O) groups is 1. The zero-order valence-corrected chi connectivity index (χ0v) is 12.8. The number of Topliss-reactive ketones (excluding diaryl/α,β-unsaturated/α-hetero) is 1. The first-order valence-corrected chi connectivity index (χ1v) is 6.94. The average molecular weight is 337 g/mol. The van der Waals surface area contributed by atoms with Gasteiger partial charge in [0, 0.05) is 10.0 Å². The molecule has 0 unspecified atom stereocenters. The van der Waals surface area contributed by atoms with Gasteiger partial charge in [-0.15, -0.1) is 0 Å². The molecule has 0 saturated carbocycles. The van der Waals surface area contributed by atoms with Gasteiger partial charge in [-0.25, -0.2) is 4.39 Å². The maximum Gasteiger partial charge on any atom is 0.159 e. The van der Waals surface area contributed by atoms with Crippen molar-refractivity contribution in [2.45, 2.75) is 20.5 Å². The molecular formula is C16H14BrFO2. The van der Waals surface area contributed by atoms with Gasteiger partial charge < -0.3 is 4.74 Å². The van der Waals surface area contributed by atoms with Gasteiger partial charge in [0.2, 0.25) is 0 Å². The molecule has 2 aromatic rings. The second-order valence-electron chi connectivity index (χ2n) is 4.60. The Labute approximate surface area is 125 Å². The van der Waals surface area contributed by atoms with E-state index in [0.717, 1.165) is 11.1 Å². The van der Waals surface area contributed by atoms with Crippen molar-refractivity contribution in [3.63, 3.8) is 0 Å². The molecule has 0 bridgehead atoms. The van der Waals surface area contributed by atoms with Crippen LogP contribution in [0, 0.1) is 12.7 Å². The third-order valence-electron chi connectivity index (χ3n) is 2.90. The van der Waals surface area contributed by atoms with E-state index in [1.165, 1.54) is 19.1 Å². The SMILES string of the molecule is CC(=O)c1ccc(OCc2cc(F)cc(Br)c2)c(C)c1. The lowest BCUT2D eigenvalue weighted by Crippen LogP contribution is -1.99. The first-order valence-electron chi connectivity index (χ1n) is 6.15. The van der Waals surface area contributed by atoms with Gasteiger partial charge in [-0.1, -0.05) is 15.9 Å². The molecule has 0 aliphatic carbocycles. The molecule has 4 heteroatoms. The summed E-state index contributed by atoms with van der Waals surface area (Å²) in [6, 6.07) is 9.93. The molecule has 2 aromatic carbocycles. The maximum atomic E-state index is 13.3. The number of benzene rings is 2. The topological polar surface area (TPSA) is 26.3 Å². The monoisotopic (exact) mass is 336 g/mol. The van der Waals surface area contributed by atoms with E-state index in [4.69, 9.17) is 4.74 Å². The molecule has 2 nitrogen and oxygen atoms in total. The Morgan fingerprint density at radius 1 is 1.25 bits per heavy atom. The molecule has 0 saturated heterocycles. The fourth-order valence-electron chi connectivity index (χ4n) is 1.89. The molecule has 0 aromatic heterocycles. The highest BCUT2D eigenvalue weighted by Crippen LogP contribution is 2.22. The van der Waals surface area contributed by atoms with Crippen molar-refractivity contribution >= 4 is 21.7 Å². The summed E-state index contributed by atoms with van der Waals surface area (Å²) in [6.45, 7) is 3.68. The zero-order valence-electron chi connectivity index (χ0n) is 11.2. The van der Waals surface area contributed by atoms with Crippen LogP contribution in [0.5, 0.6) is 5.75 Å². The standard InChI is InChI=1S/C16H14BrFO2/c1-10-5-13(11(2)19)3-4-16(10)20-9-12-6-14(17)8-15(18)7-12/h3-8H,9H2,1-2H3. The lowest BCUT2D eigenvalue weighted by atomic mass is 10.1. The number of ketones is 1. The number of rotatable bonds is 4. The normalized spacial score (nSPS) is 10.4. The van der Waals surface area contributed by atoms with E-state index in [-0.39, 0.29) is 18.2 Å². The molecule has 0 aliphatic rings. The van der Waals surface area contributed by atoms with Gasteiger partial charge in [0.1, 0.15) is 18.2 Å². The zero-order chi connectivity index (χ0) is 14.7. The van der Waals surface area contributed by atoms with Gasteiger partial charge in [0.25, 0.3) is 0 Å². The molecule has 0 fully saturated rings. The van der Waals surface area contributed by atoms with Crippen molar-refractivity contribution in [1.29, 1.82) is 0 Å². The second kappa shape index (κ2) is 6.18. The van der Waals surface area contributed by atoms with E-state index in [2.05, 4.69) is 15.9 Å². The quantitative estimate of drug-likeness (QED) is 0.758. The van der Waals surface area contributed by atoms with Crippen molar-refractivity contribution in [2.75, 3.05) is 0 Å². The lowest BCUT2D eigenvalue weighted by Gasteiger charge is -2.10. The minimum Gasteiger partial charge on any atom is -0.489 e. The Morgan fingerprint density at radius 3 is 2.60 bits per heavy atom. The largest absolute Gasteiger partial charge is 0.489 e. The van der Waals surface area contributed by atoms with Gasteiger partial charge in [0.05, 0.1) is 0 Å². The summed E-state index contributed by atoms with van der Waals surface area (Å²) in [5.74, 6) is 0.408. The van der Waals surface area contributed by atoms with Crippen LogP contribution in [0.25, 0.3) is 0 Å². The summed E-state index contributed by atoms with van der Waals surface area (Å²) >= 11 is 3.25. The molecule has 0 radical (unpaired) electrons. The van der Waals surface area contributed by atoms with E-state index in [1.54, 1.807) is 18.2 Å². The molecule has 0 spiro atoms. The van der Waals surface area contributed by atoms with E-state index in [9.17, 15) is 9.18 Å². The fraction of sp³-hybridized carbons (Fsp3) is 0.188. The summed E-state index contributed by atoms with van der Waals surface area (Å²) in [5, 5.41) is 0. The molecule has 2 rings (SSSR count). The molecular weight excluding hydrogens is 323 g/mol. The fourth-order valence-corrected chi connectivity index (χ4v) is 2.40. The minimum absolute atomic E-state index is 0.0220. The number of aryl methyl sites for hydroxylation is 1. The van der Waals surface area contributed by atoms with E-state index >= 15 is 0 Å². The first-order chi connectivity index (χ1) is 9.45. The molecule has 0 atom stereocenters. The summed E-state index contributed by atoms with van der Waals surface area (Å²) in [6.07, 6.45) is 0. The van der Waals surface area contributed by atoms with Gasteiger partial charge in [0.15, 0.2) is 5.78 Å². The van der Waals surface area contributed by atoms with Crippen molar-refractivity contribution in [2.24, 2.45) is 0 Å². The van der Waals surface area contributed by atoms with E-state index in [0.29, 0.717) is 15.8 Å². The number of hydrogen-bond donors (Lipinski definition) is 0. The van der Waals surface area contributed by atoms with Crippen LogP contribution in [0.4, 0.5) is 4.39 Å². The van der Waals surface area contributed by atoms with E-state index < -0.39 is 0 Å². The van der Waals surface area contributed by atoms with Crippen LogP contribution in [-0.4, -0.2) is 5.78 Å². The van der Waals surface area contributed by atoms with Crippen LogP contribution in [0.2, 0.25) is 0 Å². The van der Waals surface area contributed by atoms with Crippen LogP contribution >= 0.6 is 15.9 Å². The molecule has 0 N–H and O–H groups in total. The van der Waals surface area contributed by atoms with Gasteiger partial charge in [-0.05, 0) is 61.4 Å². The number of halogens is 2. The number of carbonyl (C=O) groups excluding carboxylic acids is 1. The maximum absolute atomic E-state index is 13.3. The van der Waals surface area contributed by atoms with Crippen LogP contribution in [0.3, 0.4) is 0 Å². The Hall–Kier alpha value is -1.68. The predicted octanol–water partition coefficient (Wildman–Crippen LogP) is 4.68. The summed E-state index contributed by atoms with van der Waals surface area (Å²) < 4.78 is 19.6. The number of hydrogen-bond acceptors (Lipinski definition) is 2. The Morgan fingerprint density at radius 2 is 2.00 bits per heavy atom. The highest BCUT2D eigenvalue weighted by molar-refractivity contribution is 9.10. The first kappa shape index (κ1) is 14.7. The van der Waals surface area contributed by atoms with Crippen molar-refractivity contribution < 1.29 is 13.9 Å². The van der Waals surface area contributed by atoms with Gasteiger partial charge >= 0.3 is 0 Å². The second-order valence-corrected chi connectivity index (χ2v) is 5.52. The van der Waals surface area contributed by atoms with Gasteiger partial charge in [-0.3, -0.25) is 4.79 Å². The van der Waals surface area contributed by atoms with Crippen LogP contribution in [-0.2, 0) is 6.61 Å². The minimum atomic E-state index is -0.304. The molecule has 104 valence electrons. The third kappa shape index (κ3) is 3.67. The molecule has 0 aliphatic heterocycles. The predicted molar refractivity (Wildman–Crippen MR) is 79.6 cm³/mol. The summed E-state index contributed by atoms with van der Waals surface area (Å²) in [5.41, 5.74) is 2.28. The van der Waals surface area contributed by atoms with Crippen molar-refractivity contribution in [3.05, 3.63) is 63.4 Å². The highest BCUT2D eigenvalue weighted by Gasteiger charge is 2.06. The van der Waals surface area contributed by atoms with Crippen LogP contribution < -0.4 is 4.74 Å². The highest BCUT2D eigenvalue weighted by atomic mass is 79.9. The lowest BCUT2D eigenvalue weighted by molar-refractivity contribution is 0.101. The Kier molecular flexibility index (Phi) is 4.55. The van der Waals surface area contributed by atoms with Crippen molar-refractivity contribution in [1.82, 2.24) is 0 Å². The Bertz CT molecular complexity index is 633. The van der Waals surface area contributed by atoms with Crippen LogP contribution in [0.15, 0.2) is 40.9 Å². The summed E-state index contributed by atoms with van der Waals surface area (Å²) in [7, 11) is 0. The van der Waals surface area contributed by atoms with Crippen molar-refractivity contribution in [3.8, 4) is 5.75 Å². The Balaban J connectivity index is 2.12. The summed E-state index contributed by atoms with van der Waals surface area (Å²) in [4.78, 5) is 11.3. The molecule has 20 heavy (non-hydrogen) atoms. The van der Waals surface area contributed by atoms with Crippen LogP contribution in [0.1, 0.15) is 28.4 Å². The smallest absolute Gasteiger partial charge is 0.159 e. The third-order valence-corrected chi connectivity index (χ3v) is 3.36. The molecule has 0 heterocycles. The molecule has 0 amide bonds. The number of ether oxygens (including phenoxy) is 1. The van der Waals surface area contributed by atoms with E-state index in [1.807, 2.05) is 13.0 Å². The van der Waals surface area contributed by atoms with Gasteiger partial charge in [-0.2, -0.15) is 0 Å². The average Bonchev–Trinajstić information content (AvgIpc) is 2.36.